The molecule has 1 saturated carbocycles. The van der Waals surface area contributed by atoms with E-state index >= 15 is 0 Å². The largest absolute Gasteiger partial charge is 0.337 e. The number of thioether (sulfide) groups is 1. The summed E-state index contributed by atoms with van der Waals surface area (Å²) in [6.07, 6.45) is 3.46. The molecule has 1 fully saturated rings. The first-order chi connectivity index (χ1) is 9.11. The molecule has 1 heterocycles. The smallest absolute Gasteiger partial charge is 0.272 e. The maximum atomic E-state index is 12.4. The summed E-state index contributed by atoms with van der Waals surface area (Å²) in [4.78, 5) is 18.6. The Labute approximate surface area is 119 Å². The number of carbonyl (C=O) groups is 1. The van der Waals surface area contributed by atoms with Crippen molar-refractivity contribution in [2.45, 2.75) is 44.4 Å². The van der Waals surface area contributed by atoms with Gasteiger partial charge in [-0.15, -0.1) is 0 Å². The van der Waals surface area contributed by atoms with E-state index in [9.17, 15) is 4.79 Å². The molecule has 104 valence electrons. The Balaban J connectivity index is 2.00. The number of hydrogen-bond acceptors (Lipinski definition) is 3. The highest BCUT2D eigenvalue weighted by Gasteiger charge is 2.30. The van der Waals surface area contributed by atoms with Gasteiger partial charge in [0.15, 0.2) is 0 Å². The van der Waals surface area contributed by atoms with Crippen molar-refractivity contribution in [1.29, 1.82) is 0 Å². The van der Waals surface area contributed by atoms with Crippen molar-refractivity contribution in [2.24, 2.45) is 0 Å². The van der Waals surface area contributed by atoms with Gasteiger partial charge in [0, 0.05) is 24.0 Å². The lowest BCUT2D eigenvalue weighted by atomic mass is 10.2. The number of aryl methyl sites for hydroxylation is 1. The fraction of sp³-hybridized carbons (Fsp3) is 0.600. The molecule has 0 saturated heterocycles. The third-order valence-electron chi connectivity index (χ3n) is 3.73. The van der Waals surface area contributed by atoms with Gasteiger partial charge in [-0.1, -0.05) is 13.0 Å². The van der Waals surface area contributed by atoms with Crippen LogP contribution in [0.5, 0.6) is 0 Å². The van der Waals surface area contributed by atoms with Gasteiger partial charge in [0.1, 0.15) is 5.69 Å². The van der Waals surface area contributed by atoms with E-state index in [1.807, 2.05) is 42.8 Å². The predicted octanol–water partition coefficient (Wildman–Crippen LogP) is 3.14. The Morgan fingerprint density at radius 3 is 2.95 bits per heavy atom. The molecule has 0 bridgehead atoms. The van der Waals surface area contributed by atoms with Crippen molar-refractivity contribution in [3.8, 4) is 0 Å². The van der Waals surface area contributed by atoms with Crippen LogP contribution in [-0.4, -0.2) is 39.9 Å². The molecule has 19 heavy (non-hydrogen) atoms. The van der Waals surface area contributed by atoms with Crippen LogP contribution in [-0.2, 0) is 0 Å². The molecular formula is C15H22N2OS. The Morgan fingerprint density at radius 1 is 1.47 bits per heavy atom. The molecule has 3 nitrogen and oxygen atoms in total. The fourth-order valence-electron chi connectivity index (χ4n) is 2.66. The van der Waals surface area contributed by atoms with Gasteiger partial charge >= 0.3 is 0 Å². The SMILES string of the molecule is CCS[C@@H]1CC[C@H](N(C)C(=O)c2cccc(C)n2)C1. The molecule has 1 aliphatic carbocycles. The second-order valence-electron chi connectivity index (χ2n) is 5.12. The van der Waals surface area contributed by atoms with Crippen LogP contribution >= 0.6 is 11.8 Å². The van der Waals surface area contributed by atoms with Crippen LogP contribution in [0.25, 0.3) is 0 Å². The minimum absolute atomic E-state index is 0.0517. The lowest BCUT2D eigenvalue weighted by Crippen LogP contribution is -2.36. The third-order valence-corrected chi connectivity index (χ3v) is 4.97. The topological polar surface area (TPSA) is 33.2 Å². The van der Waals surface area contributed by atoms with E-state index in [1.165, 1.54) is 6.42 Å². The second kappa shape index (κ2) is 6.42. The molecule has 4 heteroatoms. The monoisotopic (exact) mass is 278 g/mol. The van der Waals surface area contributed by atoms with Gasteiger partial charge < -0.3 is 4.90 Å². The van der Waals surface area contributed by atoms with Crippen molar-refractivity contribution in [2.75, 3.05) is 12.8 Å². The molecule has 2 rings (SSSR count). The van der Waals surface area contributed by atoms with Crippen LogP contribution in [0.4, 0.5) is 0 Å². The molecule has 0 unspecified atom stereocenters. The summed E-state index contributed by atoms with van der Waals surface area (Å²) >= 11 is 2.02. The number of hydrogen-bond donors (Lipinski definition) is 0. The average Bonchev–Trinajstić information content (AvgIpc) is 2.86. The van der Waals surface area contributed by atoms with Crippen molar-refractivity contribution in [3.63, 3.8) is 0 Å². The van der Waals surface area contributed by atoms with Gasteiger partial charge in [-0.2, -0.15) is 11.8 Å². The minimum atomic E-state index is 0.0517. The van der Waals surface area contributed by atoms with Crippen LogP contribution in [0.15, 0.2) is 18.2 Å². The molecule has 0 aliphatic heterocycles. The highest BCUT2D eigenvalue weighted by Crippen LogP contribution is 2.32. The Bertz CT molecular complexity index is 450. The minimum Gasteiger partial charge on any atom is -0.337 e. The molecule has 2 atom stereocenters. The van der Waals surface area contributed by atoms with E-state index in [4.69, 9.17) is 0 Å². The zero-order chi connectivity index (χ0) is 13.8. The van der Waals surface area contributed by atoms with E-state index in [2.05, 4.69) is 11.9 Å². The van der Waals surface area contributed by atoms with E-state index in [-0.39, 0.29) is 5.91 Å². The van der Waals surface area contributed by atoms with Crippen LogP contribution in [0, 0.1) is 6.92 Å². The number of pyridine rings is 1. The molecule has 0 radical (unpaired) electrons. The first kappa shape index (κ1) is 14.4. The molecule has 1 aromatic rings. The lowest BCUT2D eigenvalue weighted by molar-refractivity contribution is 0.0729. The first-order valence-corrected chi connectivity index (χ1v) is 7.99. The standard InChI is InChI=1S/C15H22N2OS/c1-4-19-13-9-8-12(10-13)17(3)15(18)14-7-5-6-11(2)16-14/h5-7,12-13H,4,8-10H2,1-3H3/t12-,13+/m0/s1. The van der Waals surface area contributed by atoms with Gasteiger partial charge in [0.05, 0.1) is 0 Å². The zero-order valence-corrected chi connectivity index (χ0v) is 12.7. The van der Waals surface area contributed by atoms with Gasteiger partial charge in [-0.3, -0.25) is 4.79 Å². The number of carbonyl (C=O) groups excluding carboxylic acids is 1. The summed E-state index contributed by atoms with van der Waals surface area (Å²) in [7, 11) is 1.91. The zero-order valence-electron chi connectivity index (χ0n) is 11.9. The average molecular weight is 278 g/mol. The quantitative estimate of drug-likeness (QED) is 0.848. The van der Waals surface area contributed by atoms with Crippen LogP contribution in [0.1, 0.15) is 42.4 Å². The van der Waals surface area contributed by atoms with E-state index in [1.54, 1.807) is 6.07 Å². The Hall–Kier alpha value is -1.03. The normalized spacial score (nSPS) is 22.5. The summed E-state index contributed by atoms with van der Waals surface area (Å²) in [5.74, 6) is 1.21. The van der Waals surface area contributed by atoms with Gasteiger partial charge in [0.2, 0.25) is 0 Å². The van der Waals surface area contributed by atoms with E-state index < -0.39 is 0 Å². The summed E-state index contributed by atoms with van der Waals surface area (Å²) in [6.45, 7) is 4.11. The van der Waals surface area contributed by atoms with Crippen LogP contribution in [0.2, 0.25) is 0 Å². The summed E-state index contributed by atoms with van der Waals surface area (Å²) < 4.78 is 0. The van der Waals surface area contributed by atoms with E-state index in [0.717, 1.165) is 29.5 Å². The highest BCUT2D eigenvalue weighted by molar-refractivity contribution is 7.99. The number of aromatic nitrogens is 1. The summed E-state index contributed by atoms with van der Waals surface area (Å²) in [5, 5.41) is 0.718. The van der Waals surface area contributed by atoms with Gasteiger partial charge in [-0.25, -0.2) is 4.98 Å². The molecule has 0 N–H and O–H groups in total. The lowest BCUT2D eigenvalue weighted by Gasteiger charge is -2.24. The maximum Gasteiger partial charge on any atom is 0.272 e. The maximum absolute atomic E-state index is 12.4. The molecule has 1 aromatic heterocycles. The summed E-state index contributed by atoms with van der Waals surface area (Å²) in [6, 6.07) is 5.99. The molecule has 0 spiro atoms. The number of rotatable bonds is 4. The second-order valence-corrected chi connectivity index (χ2v) is 6.70. The van der Waals surface area contributed by atoms with E-state index in [0.29, 0.717) is 11.7 Å². The number of amides is 1. The third kappa shape index (κ3) is 3.50. The fourth-order valence-corrected chi connectivity index (χ4v) is 3.80. The van der Waals surface area contributed by atoms with Crippen molar-refractivity contribution >= 4 is 17.7 Å². The molecule has 0 aromatic carbocycles. The van der Waals surface area contributed by atoms with Gasteiger partial charge in [0.25, 0.3) is 5.91 Å². The van der Waals surface area contributed by atoms with Crippen molar-refractivity contribution < 1.29 is 4.79 Å². The van der Waals surface area contributed by atoms with Crippen LogP contribution < -0.4 is 0 Å². The Morgan fingerprint density at radius 2 is 2.26 bits per heavy atom. The van der Waals surface area contributed by atoms with Crippen molar-refractivity contribution in [1.82, 2.24) is 9.88 Å². The summed E-state index contributed by atoms with van der Waals surface area (Å²) in [5.41, 5.74) is 1.46. The highest BCUT2D eigenvalue weighted by atomic mass is 32.2. The number of nitrogens with zero attached hydrogens (tertiary/aromatic N) is 2. The molecule has 1 aliphatic rings. The molecule has 1 amide bonds. The Kier molecular flexibility index (Phi) is 4.86. The van der Waals surface area contributed by atoms with Crippen LogP contribution in [0.3, 0.4) is 0 Å². The predicted molar refractivity (Wildman–Crippen MR) is 80.6 cm³/mol. The first-order valence-electron chi connectivity index (χ1n) is 6.94. The van der Waals surface area contributed by atoms with Crippen molar-refractivity contribution in [3.05, 3.63) is 29.6 Å². The molecular weight excluding hydrogens is 256 g/mol. The van der Waals surface area contributed by atoms with Gasteiger partial charge in [-0.05, 0) is 44.1 Å².